The minimum absolute atomic E-state index is 0.177. The molecule has 3 aromatic heterocycles. The molecule has 198 valence electrons. The summed E-state index contributed by atoms with van der Waals surface area (Å²) in [6, 6.07) is 10.8. The van der Waals surface area contributed by atoms with Crippen LogP contribution < -0.4 is 10.6 Å². The van der Waals surface area contributed by atoms with Gasteiger partial charge in [-0.05, 0) is 68.1 Å². The number of hydrogen-bond acceptors (Lipinski definition) is 10. The summed E-state index contributed by atoms with van der Waals surface area (Å²) in [4.78, 5) is 23.2. The minimum Gasteiger partial charge on any atom is -0.393 e. The van der Waals surface area contributed by atoms with E-state index in [-0.39, 0.29) is 6.10 Å². The zero-order chi connectivity index (χ0) is 25.9. The number of aliphatic hydroxyl groups is 1. The predicted molar refractivity (Wildman–Crippen MR) is 153 cm³/mol. The average Bonchev–Trinajstić information content (AvgIpc) is 3.33. The van der Waals surface area contributed by atoms with Crippen LogP contribution in [0.15, 0.2) is 48.9 Å². The van der Waals surface area contributed by atoms with Gasteiger partial charge in [-0.2, -0.15) is 4.98 Å². The molecular weight excluding hydrogens is 496 g/mol. The summed E-state index contributed by atoms with van der Waals surface area (Å²) in [5, 5.41) is 17.3. The van der Waals surface area contributed by atoms with E-state index in [0.29, 0.717) is 17.8 Å². The van der Waals surface area contributed by atoms with Crippen molar-refractivity contribution >= 4 is 38.5 Å². The fraction of sp³-hybridized carbons (Fsp3) is 0.429. The number of nitrogens with one attached hydrogen (secondary N) is 2. The molecule has 1 aliphatic heterocycles. The smallest absolute Gasteiger partial charge is 0.224 e. The average molecular weight is 531 g/mol. The lowest BCUT2D eigenvalue weighted by molar-refractivity contribution is 0.126. The Labute approximate surface area is 227 Å². The van der Waals surface area contributed by atoms with Gasteiger partial charge >= 0.3 is 0 Å². The normalized spacial score (nSPS) is 21.0. The number of hydrogen-bond donors (Lipinski definition) is 3. The van der Waals surface area contributed by atoms with E-state index >= 15 is 0 Å². The second-order valence-electron chi connectivity index (χ2n) is 10.4. The van der Waals surface area contributed by atoms with Crippen LogP contribution in [0.1, 0.15) is 31.2 Å². The maximum atomic E-state index is 9.74. The van der Waals surface area contributed by atoms with Crippen LogP contribution in [0.4, 0.5) is 16.9 Å². The zero-order valence-corrected chi connectivity index (χ0v) is 22.5. The van der Waals surface area contributed by atoms with Crippen molar-refractivity contribution < 1.29 is 5.11 Å². The van der Waals surface area contributed by atoms with Crippen molar-refractivity contribution in [1.29, 1.82) is 0 Å². The molecule has 0 bridgehead atoms. The first-order valence-corrected chi connectivity index (χ1v) is 14.2. The molecule has 2 aliphatic rings. The van der Waals surface area contributed by atoms with Gasteiger partial charge in [-0.1, -0.05) is 17.4 Å². The van der Waals surface area contributed by atoms with Gasteiger partial charge in [0.15, 0.2) is 5.13 Å². The van der Waals surface area contributed by atoms with Crippen LogP contribution in [-0.4, -0.2) is 80.2 Å². The summed E-state index contributed by atoms with van der Waals surface area (Å²) >= 11 is 1.61. The third-order valence-electron chi connectivity index (χ3n) is 7.44. The van der Waals surface area contributed by atoms with Crippen LogP contribution >= 0.6 is 11.3 Å². The maximum absolute atomic E-state index is 9.74. The molecule has 4 aromatic rings. The first-order valence-electron chi connectivity index (χ1n) is 13.4. The maximum Gasteiger partial charge on any atom is 0.224 e. The molecule has 1 aliphatic carbocycles. The lowest BCUT2D eigenvalue weighted by Crippen LogP contribution is -2.43. The van der Waals surface area contributed by atoms with Crippen LogP contribution in [0.5, 0.6) is 0 Å². The monoisotopic (exact) mass is 530 g/mol. The van der Waals surface area contributed by atoms with Crippen LogP contribution in [0.2, 0.25) is 0 Å². The van der Waals surface area contributed by atoms with Crippen molar-refractivity contribution in [2.75, 3.05) is 43.9 Å². The molecule has 9 nitrogen and oxygen atoms in total. The fourth-order valence-electron chi connectivity index (χ4n) is 5.16. The van der Waals surface area contributed by atoms with Crippen molar-refractivity contribution in [2.24, 2.45) is 0 Å². The van der Waals surface area contributed by atoms with Gasteiger partial charge in [0, 0.05) is 62.9 Å². The third-order valence-corrected chi connectivity index (χ3v) is 8.37. The van der Waals surface area contributed by atoms with Crippen molar-refractivity contribution in [1.82, 2.24) is 29.7 Å². The highest BCUT2D eigenvalue weighted by Crippen LogP contribution is 2.32. The van der Waals surface area contributed by atoms with Crippen molar-refractivity contribution in [3.63, 3.8) is 0 Å². The Morgan fingerprint density at radius 1 is 0.974 bits per heavy atom. The van der Waals surface area contributed by atoms with Gasteiger partial charge in [0.05, 0.1) is 16.3 Å². The van der Waals surface area contributed by atoms with Crippen molar-refractivity contribution in [2.45, 2.75) is 44.4 Å². The topological polar surface area (TPSA) is 102 Å². The first-order chi connectivity index (χ1) is 18.6. The lowest BCUT2D eigenvalue weighted by atomic mass is 9.93. The number of likely N-dealkylation sites (N-methyl/N-ethyl adjacent to an activating group) is 1. The molecule has 3 N–H and O–H groups in total. The summed E-state index contributed by atoms with van der Waals surface area (Å²) in [7, 11) is 2.18. The van der Waals surface area contributed by atoms with Gasteiger partial charge in [-0.3, -0.25) is 9.88 Å². The molecule has 0 radical (unpaired) electrons. The van der Waals surface area contributed by atoms with E-state index in [0.717, 1.165) is 84.9 Å². The summed E-state index contributed by atoms with van der Waals surface area (Å²) in [6.07, 6.45) is 8.99. The van der Waals surface area contributed by atoms with Crippen LogP contribution in [0, 0.1) is 0 Å². The first kappa shape index (κ1) is 25.1. The molecule has 0 amide bonds. The summed E-state index contributed by atoms with van der Waals surface area (Å²) < 4.78 is 1.11. The van der Waals surface area contributed by atoms with Gasteiger partial charge in [-0.25, -0.2) is 9.97 Å². The van der Waals surface area contributed by atoms with E-state index in [1.54, 1.807) is 17.5 Å². The lowest BCUT2D eigenvalue weighted by Gasteiger charge is -2.32. The minimum atomic E-state index is -0.177. The Hall–Kier alpha value is -3.18. The largest absolute Gasteiger partial charge is 0.393 e. The summed E-state index contributed by atoms with van der Waals surface area (Å²) in [5.41, 5.74) is 4.47. The van der Waals surface area contributed by atoms with Gasteiger partial charge in [-0.15, -0.1) is 0 Å². The Bertz CT molecular complexity index is 1380. The van der Waals surface area contributed by atoms with E-state index in [1.807, 2.05) is 18.5 Å². The summed E-state index contributed by atoms with van der Waals surface area (Å²) in [5.74, 6) is 1.31. The molecule has 4 heterocycles. The Morgan fingerprint density at radius 2 is 1.82 bits per heavy atom. The molecule has 0 spiro atoms. The molecule has 2 fully saturated rings. The molecule has 6 rings (SSSR count). The van der Waals surface area contributed by atoms with Crippen molar-refractivity contribution in [3.05, 3.63) is 54.5 Å². The van der Waals surface area contributed by atoms with Gasteiger partial charge in [0.1, 0.15) is 5.82 Å². The number of rotatable bonds is 7. The van der Waals surface area contributed by atoms with Crippen LogP contribution in [0.25, 0.3) is 21.3 Å². The number of benzene rings is 1. The van der Waals surface area contributed by atoms with Gasteiger partial charge in [0.2, 0.25) is 5.95 Å². The number of fused-ring (bicyclic) bond motifs is 1. The number of nitrogens with zero attached hydrogens (tertiary/aromatic N) is 6. The molecule has 1 saturated carbocycles. The number of aromatic nitrogens is 4. The predicted octanol–water partition coefficient (Wildman–Crippen LogP) is 4.35. The SMILES string of the molecule is CN1CCN(Cc2cncc(-c3ccc4nc(Nc5ccnc(N[C@H]6CC[C@H](O)CC6)n5)sc4c3)c2)CC1. The number of anilines is 3. The summed E-state index contributed by atoms with van der Waals surface area (Å²) in [6.45, 7) is 5.35. The van der Waals surface area contributed by atoms with Crippen molar-refractivity contribution in [3.8, 4) is 11.1 Å². The second-order valence-corrected chi connectivity index (χ2v) is 11.4. The highest BCUT2D eigenvalue weighted by Gasteiger charge is 2.20. The van der Waals surface area contributed by atoms with E-state index in [2.05, 4.69) is 66.7 Å². The van der Waals surface area contributed by atoms with Gasteiger partial charge in [0.25, 0.3) is 0 Å². The number of pyridine rings is 1. The Morgan fingerprint density at radius 3 is 2.66 bits per heavy atom. The molecule has 1 aromatic carbocycles. The highest BCUT2D eigenvalue weighted by molar-refractivity contribution is 7.22. The standard InChI is InChI=1S/C28H34N8OS/c1-35-10-12-36(13-11-35)18-19-14-21(17-29-16-19)20-2-7-24-25(15-20)38-28(32-24)34-26-8-9-30-27(33-26)31-22-3-5-23(37)6-4-22/h2,7-9,14-17,22-23,37H,3-6,10-13,18H2,1H3,(H2,30,31,32,33,34)/t22-,23-. The second kappa shape index (κ2) is 11.3. The molecule has 10 heteroatoms. The van der Waals surface area contributed by atoms with E-state index in [4.69, 9.17) is 4.98 Å². The zero-order valence-electron chi connectivity index (χ0n) is 21.7. The van der Waals surface area contributed by atoms with E-state index in [1.165, 1.54) is 5.56 Å². The quantitative estimate of drug-likeness (QED) is 0.322. The van der Waals surface area contributed by atoms with Crippen LogP contribution in [0.3, 0.4) is 0 Å². The van der Waals surface area contributed by atoms with E-state index in [9.17, 15) is 5.11 Å². The number of thiazole rings is 1. The number of aliphatic hydroxyl groups excluding tert-OH is 1. The molecular formula is C28H34N8OS. The molecule has 1 saturated heterocycles. The molecule has 0 unspecified atom stereocenters. The van der Waals surface area contributed by atoms with Crippen LogP contribution in [-0.2, 0) is 6.54 Å². The Balaban J connectivity index is 1.14. The van der Waals surface area contributed by atoms with E-state index < -0.39 is 0 Å². The molecule has 0 atom stereocenters. The fourth-order valence-corrected chi connectivity index (χ4v) is 6.08. The number of piperazine rings is 1. The third kappa shape index (κ3) is 6.10. The Kier molecular flexibility index (Phi) is 7.46. The van der Waals surface area contributed by atoms with Gasteiger partial charge < -0.3 is 20.6 Å². The molecule has 38 heavy (non-hydrogen) atoms. The highest BCUT2D eigenvalue weighted by atomic mass is 32.1.